The van der Waals surface area contributed by atoms with Crippen molar-refractivity contribution in [3.63, 3.8) is 0 Å². The van der Waals surface area contributed by atoms with Crippen LogP contribution in [0, 0.1) is 11.3 Å². The topological polar surface area (TPSA) is 59.0 Å². The van der Waals surface area contributed by atoms with E-state index in [1.807, 2.05) is 0 Å². The average Bonchev–Trinajstić information content (AvgIpc) is 2.85. The smallest absolute Gasteiger partial charge is 0.304 e. The Morgan fingerprint density at radius 3 is 2.48 bits per heavy atom. The molecule has 1 aliphatic heterocycles. The number of rotatable bonds is 6. The lowest BCUT2D eigenvalue weighted by Crippen LogP contribution is -2.40. The van der Waals surface area contributed by atoms with Gasteiger partial charge in [-0.05, 0) is 30.7 Å². The predicted octanol–water partition coefficient (Wildman–Crippen LogP) is 3.13. The van der Waals surface area contributed by atoms with Crippen molar-refractivity contribution in [2.24, 2.45) is 11.3 Å². The first-order chi connectivity index (χ1) is 10.7. The highest BCUT2D eigenvalue weighted by molar-refractivity contribution is 5.66. The van der Waals surface area contributed by atoms with Crippen LogP contribution in [-0.4, -0.2) is 54.1 Å². The zero-order valence-corrected chi connectivity index (χ0v) is 15.1. The van der Waals surface area contributed by atoms with E-state index in [2.05, 4.69) is 32.6 Å². The summed E-state index contributed by atoms with van der Waals surface area (Å²) in [6, 6.07) is 0. The maximum absolute atomic E-state index is 10.7. The van der Waals surface area contributed by atoms with E-state index in [0.717, 1.165) is 44.7 Å². The molecule has 0 aromatic heterocycles. The van der Waals surface area contributed by atoms with Gasteiger partial charge in [-0.3, -0.25) is 4.79 Å². The number of hydrogen-bond acceptors (Lipinski definition) is 4. The van der Waals surface area contributed by atoms with Crippen LogP contribution in [0.5, 0.6) is 0 Å². The van der Waals surface area contributed by atoms with Crippen LogP contribution in [-0.2, 0) is 14.3 Å². The number of carboxylic acid groups (broad SMARTS) is 1. The summed E-state index contributed by atoms with van der Waals surface area (Å²) in [5.41, 5.74) is 0.357. The molecule has 2 rings (SSSR count). The van der Waals surface area contributed by atoms with Gasteiger partial charge in [0.25, 0.3) is 0 Å². The molecule has 1 atom stereocenters. The fraction of sp³-hybridized carbons (Fsp3) is 0.944. The van der Waals surface area contributed by atoms with Crippen LogP contribution in [0.3, 0.4) is 0 Å². The Labute approximate surface area is 140 Å². The van der Waals surface area contributed by atoms with E-state index in [1.165, 1.54) is 0 Å². The van der Waals surface area contributed by atoms with Gasteiger partial charge in [0, 0.05) is 25.9 Å². The molecule has 2 fully saturated rings. The molecule has 0 aromatic rings. The van der Waals surface area contributed by atoms with Gasteiger partial charge in [0.05, 0.1) is 19.1 Å². The molecule has 1 saturated heterocycles. The van der Waals surface area contributed by atoms with Gasteiger partial charge in [0.1, 0.15) is 0 Å². The number of ether oxygens (including phenoxy) is 2. The molecule has 1 N–H and O–H groups in total. The van der Waals surface area contributed by atoms with Crippen molar-refractivity contribution in [1.29, 1.82) is 0 Å². The summed E-state index contributed by atoms with van der Waals surface area (Å²) in [5.74, 6) is -0.385. The Balaban J connectivity index is 1.80. The Kier molecular flexibility index (Phi) is 6.09. The Morgan fingerprint density at radius 2 is 1.96 bits per heavy atom. The molecule has 0 aromatic carbocycles. The van der Waals surface area contributed by atoms with Gasteiger partial charge in [-0.15, -0.1) is 0 Å². The van der Waals surface area contributed by atoms with E-state index in [0.29, 0.717) is 18.6 Å². The van der Waals surface area contributed by atoms with Crippen LogP contribution in [0.15, 0.2) is 0 Å². The molecule has 2 aliphatic rings. The second-order valence-corrected chi connectivity index (χ2v) is 8.14. The molecular weight excluding hydrogens is 294 g/mol. The normalized spacial score (nSPS) is 31.9. The van der Waals surface area contributed by atoms with Gasteiger partial charge < -0.3 is 19.5 Å². The second kappa shape index (κ2) is 7.49. The maximum atomic E-state index is 10.7. The number of likely N-dealkylation sites (N-methyl/N-ethyl adjacent to an activating group) is 1. The van der Waals surface area contributed by atoms with Crippen molar-refractivity contribution >= 4 is 5.97 Å². The first kappa shape index (κ1) is 18.7. The van der Waals surface area contributed by atoms with E-state index in [9.17, 15) is 4.79 Å². The van der Waals surface area contributed by atoms with Crippen LogP contribution in [0.1, 0.15) is 59.8 Å². The van der Waals surface area contributed by atoms with Crippen LogP contribution in [0.4, 0.5) is 0 Å². The molecule has 1 aliphatic carbocycles. The quantitative estimate of drug-likeness (QED) is 0.812. The minimum atomic E-state index is -0.746. The van der Waals surface area contributed by atoms with E-state index in [1.54, 1.807) is 0 Å². The molecule has 23 heavy (non-hydrogen) atoms. The minimum Gasteiger partial charge on any atom is -0.481 e. The SMILES string of the molecule is CCN(CCC(=O)O)CC1COC2(CCC(C(C)(C)C)CC2)O1. The fourth-order valence-corrected chi connectivity index (χ4v) is 3.81. The van der Waals surface area contributed by atoms with Crippen molar-refractivity contribution in [2.75, 3.05) is 26.2 Å². The lowest BCUT2D eigenvalue weighted by Gasteiger charge is -2.41. The Morgan fingerprint density at radius 1 is 1.30 bits per heavy atom. The minimum absolute atomic E-state index is 0.0648. The van der Waals surface area contributed by atoms with Gasteiger partial charge in [0.2, 0.25) is 0 Å². The number of hydrogen-bond donors (Lipinski definition) is 1. The van der Waals surface area contributed by atoms with Gasteiger partial charge in [-0.25, -0.2) is 0 Å². The molecule has 1 spiro atoms. The zero-order chi connectivity index (χ0) is 17.1. The van der Waals surface area contributed by atoms with Crippen LogP contribution in [0.25, 0.3) is 0 Å². The first-order valence-electron chi connectivity index (χ1n) is 9.00. The molecule has 5 heteroatoms. The van der Waals surface area contributed by atoms with Crippen molar-refractivity contribution in [2.45, 2.75) is 71.7 Å². The average molecular weight is 327 g/mol. The van der Waals surface area contributed by atoms with Gasteiger partial charge in [-0.1, -0.05) is 27.7 Å². The number of aliphatic carboxylic acids is 1. The van der Waals surface area contributed by atoms with Crippen molar-refractivity contribution in [3.8, 4) is 0 Å². The van der Waals surface area contributed by atoms with Gasteiger partial charge in [0.15, 0.2) is 5.79 Å². The molecule has 0 amide bonds. The number of carboxylic acids is 1. The maximum Gasteiger partial charge on any atom is 0.304 e. The van der Waals surface area contributed by atoms with Gasteiger partial charge >= 0.3 is 5.97 Å². The predicted molar refractivity (Wildman–Crippen MR) is 89.3 cm³/mol. The third-order valence-corrected chi connectivity index (χ3v) is 5.44. The van der Waals surface area contributed by atoms with Crippen molar-refractivity contribution in [1.82, 2.24) is 4.90 Å². The summed E-state index contributed by atoms with van der Waals surface area (Å²) in [5, 5.41) is 8.83. The molecule has 0 bridgehead atoms. The lowest BCUT2D eigenvalue weighted by molar-refractivity contribution is -0.197. The molecular formula is C18H33NO4. The van der Waals surface area contributed by atoms with Crippen LogP contribution in [0.2, 0.25) is 0 Å². The largest absolute Gasteiger partial charge is 0.481 e. The van der Waals surface area contributed by atoms with E-state index in [4.69, 9.17) is 14.6 Å². The highest BCUT2D eigenvalue weighted by Gasteiger charge is 2.46. The van der Waals surface area contributed by atoms with Crippen molar-refractivity contribution in [3.05, 3.63) is 0 Å². The van der Waals surface area contributed by atoms with Gasteiger partial charge in [-0.2, -0.15) is 0 Å². The highest BCUT2D eigenvalue weighted by atomic mass is 16.7. The summed E-state index contributed by atoms with van der Waals surface area (Å²) in [6.07, 6.45) is 4.52. The molecule has 0 radical (unpaired) electrons. The first-order valence-corrected chi connectivity index (χ1v) is 9.00. The summed E-state index contributed by atoms with van der Waals surface area (Å²) in [4.78, 5) is 12.9. The van der Waals surface area contributed by atoms with E-state index < -0.39 is 5.97 Å². The Bertz CT molecular complexity index is 396. The van der Waals surface area contributed by atoms with Crippen LogP contribution < -0.4 is 0 Å². The Hall–Kier alpha value is -0.650. The lowest BCUT2D eigenvalue weighted by atomic mass is 9.71. The molecule has 1 unspecified atom stereocenters. The van der Waals surface area contributed by atoms with Crippen LogP contribution >= 0.6 is 0 Å². The fourth-order valence-electron chi connectivity index (χ4n) is 3.81. The second-order valence-electron chi connectivity index (χ2n) is 8.14. The molecule has 1 saturated carbocycles. The highest BCUT2D eigenvalue weighted by Crippen LogP contribution is 2.45. The van der Waals surface area contributed by atoms with E-state index >= 15 is 0 Å². The van der Waals surface area contributed by atoms with E-state index in [-0.39, 0.29) is 18.3 Å². The third-order valence-electron chi connectivity index (χ3n) is 5.44. The number of nitrogens with zero attached hydrogens (tertiary/aromatic N) is 1. The molecule has 5 nitrogen and oxygen atoms in total. The third kappa shape index (κ3) is 5.16. The monoisotopic (exact) mass is 327 g/mol. The number of carbonyl (C=O) groups is 1. The zero-order valence-electron chi connectivity index (χ0n) is 15.1. The summed E-state index contributed by atoms with van der Waals surface area (Å²) in [6.45, 7) is 11.8. The standard InChI is InChI=1S/C18H33NO4/c1-5-19(11-8-16(20)21)12-15-13-22-18(23-15)9-6-14(7-10-18)17(2,3)4/h14-15H,5-13H2,1-4H3,(H,20,21). The summed E-state index contributed by atoms with van der Waals surface area (Å²) in [7, 11) is 0. The molecule has 134 valence electrons. The summed E-state index contributed by atoms with van der Waals surface area (Å²) >= 11 is 0. The molecule has 1 heterocycles. The van der Waals surface area contributed by atoms with Crippen molar-refractivity contribution < 1.29 is 19.4 Å². The summed E-state index contributed by atoms with van der Waals surface area (Å²) < 4.78 is 12.3.